The van der Waals surface area contributed by atoms with Gasteiger partial charge in [0.2, 0.25) is 0 Å². The van der Waals surface area contributed by atoms with Crippen LogP contribution in [0.2, 0.25) is 5.02 Å². The van der Waals surface area contributed by atoms with Gasteiger partial charge in [0.25, 0.3) is 0 Å². The molecule has 0 spiro atoms. The molecule has 0 heterocycles. The van der Waals surface area contributed by atoms with Crippen LogP contribution in [0.25, 0.3) is 0 Å². The molecule has 0 saturated carbocycles. The lowest BCUT2D eigenvalue weighted by molar-refractivity contribution is 0.383. The first-order valence-electron chi connectivity index (χ1n) is 4.53. The standard InChI is InChI=1S/C10H14ClNO3.ClH/c1-12-4-3-6-5-7(13)9(14)8(11)10(6)15-2;/h5,12-14H,3-4H2,1-2H3;1H. The van der Waals surface area contributed by atoms with Crippen molar-refractivity contribution >= 4 is 24.0 Å². The Morgan fingerprint density at radius 2 is 2.06 bits per heavy atom. The molecule has 0 atom stereocenters. The van der Waals surface area contributed by atoms with Crippen LogP contribution in [0, 0.1) is 0 Å². The Balaban J connectivity index is 0.00000225. The monoisotopic (exact) mass is 267 g/mol. The smallest absolute Gasteiger partial charge is 0.180 e. The summed E-state index contributed by atoms with van der Waals surface area (Å²) in [6.45, 7) is 0.733. The summed E-state index contributed by atoms with van der Waals surface area (Å²) < 4.78 is 5.08. The molecule has 0 unspecified atom stereocenters. The number of hydrogen-bond acceptors (Lipinski definition) is 4. The highest BCUT2D eigenvalue weighted by Crippen LogP contribution is 2.42. The van der Waals surface area contributed by atoms with Gasteiger partial charge in [0.15, 0.2) is 11.5 Å². The molecule has 92 valence electrons. The fraction of sp³-hybridized carbons (Fsp3) is 0.400. The maximum atomic E-state index is 9.39. The van der Waals surface area contributed by atoms with Gasteiger partial charge in [-0.1, -0.05) is 11.6 Å². The van der Waals surface area contributed by atoms with E-state index in [1.165, 1.54) is 13.2 Å². The minimum Gasteiger partial charge on any atom is -0.504 e. The third-order valence-electron chi connectivity index (χ3n) is 2.10. The van der Waals surface area contributed by atoms with Gasteiger partial charge in [-0.05, 0) is 26.1 Å². The summed E-state index contributed by atoms with van der Waals surface area (Å²) >= 11 is 5.83. The summed E-state index contributed by atoms with van der Waals surface area (Å²) in [4.78, 5) is 0. The number of rotatable bonds is 4. The number of ether oxygens (including phenoxy) is 1. The van der Waals surface area contributed by atoms with Crippen molar-refractivity contribution in [3.8, 4) is 17.2 Å². The maximum absolute atomic E-state index is 9.39. The summed E-state index contributed by atoms with van der Waals surface area (Å²) in [7, 11) is 3.30. The highest BCUT2D eigenvalue weighted by Gasteiger charge is 2.16. The van der Waals surface area contributed by atoms with Crippen LogP contribution in [0.5, 0.6) is 17.2 Å². The highest BCUT2D eigenvalue weighted by atomic mass is 35.5. The van der Waals surface area contributed by atoms with Gasteiger partial charge >= 0.3 is 0 Å². The molecular formula is C10H15Cl2NO3. The number of hydrogen-bond donors (Lipinski definition) is 3. The van der Waals surface area contributed by atoms with Crippen LogP contribution in [0.3, 0.4) is 0 Å². The third-order valence-corrected chi connectivity index (χ3v) is 2.45. The number of halogens is 2. The van der Waals surface area contributed by atoms with Gasteiger partial charge in [-0.15, -0.1) is 12.4 Å². The molecule has 1 aromatic rings. The minimum absolute atomic E-state index is 0. The van der Waals surface area contributed by atoms with Crippen LogP contribution >= 0.6 is 24.0 Å². The fourth-order valence-electron chi connectivity index (χ4n) is 1.33. The van der Waals surface area contributed by atoms with Crippen molar-refractivity contribution in [3.63, 3.8) is 0 Å². The molecule has 0 aliphatic heterocycles. The zero-order chi connectivity index (χ0) is 11.4. The first-order valence-corrected chi connectivity index (χ1v) is 4.91. The topological polar surface area (TPSA) is 61.7 Å². The number of methoxy groups -OCH3 is 1. The molecule has 0 aliphatic rings. The van der Waals surface area contributed by atoms with E-state index in [-0.39, 0.29) is 28.9 Å². The predicted octanol–water partition coefficient (Wildman–Crippen LogP) is 1.94. The fourth-order valence-corrected chi connectivity index (χ4v) is 1.62. The van der Waals surface area contributed by atoms with Crippen molar-refractivity contribution in [1.29, 1.82) is 0 Å². The van der Waals surface area contributed by atoms with Crippen molar-refractivity contribution < 1.29 is 14.9 Å². The molecule has 0 aromatic heterocycles. The summed E-state index contributed by atoms with van der Waals surface area (Å²) in [5, 5.41) is 21.8. The van der Waals surface area contributed by atoms with E-state index in [0.717, 1.165) is 12.1 Å². The first-order chi connectivity index (χ1) is 7.11. The second kappa shape index (κ2) is 6.68. The molecule has 0 radical (unpaired) electrons. The first kappa shape index (κ1) is 15.2. The van der Waals surface area contributed by atoms with E-state index in [0.29, 0.717) is 12.2 Å². The lowest BCUT2D eigenvalue weighted by Gasteiger charge is -2.12. The zero-order valence-electron chi connectivity index (χ0n) is 9.08. The largest absolute Gasteiger partial charge is 0.504 e. The van der Waals surface area contributed by atoms with E-state index in [2.05, 4.69) is 5.32 Å². The van der Waals surface area contributed by atoms with Gasteiger partial charge in [-0.2, -0.15) is 0 Å². The molecule has 0 fully saturated rings. The SMILES string of the molecule is CNCCc1cc(O)c(O)c(Cl)c1OC.Cl. The van der Waals surface area contributed by atoms with Crippen LogP contribution in [-0.2, 0) is 6.42 Å². The average molecular weight is 268 g/mol. The molecule has 0 amide bonds. The molecule has 1 rings (SSSR count). The molecule has 16 heavy (non-hydrogen) atoms. The second-order valence-electron chi connectivity index (χ2n) is 3.10. The van der Waals surface area contributed by atoms with Gasteiger partial charge in [0.1, 0.15) is 10.8 Å². The van der Waals surface area contributed by atoms with Gasteiger partial charge in [-0.25, -0.2) is 0 Å². The van der Waals surface area contributed by atoms with Crippen LogP contribution in [-0.4, -0.2) is 30.9 Å². The van der Waals surface area contributed by atoms with Crippen LogP contribution in [0.15, 0.2) is 6.07 Å². The maximum Gasteiger partial charge on any atom is 0.180 e. The Morgan fingerprint density at radius 3 is 2.56 bits per heavy atom. The summed E-state index contributed by atoms with van der Waals surface area (Å²) in [5.74, 6) is -0.171. The van der Waals surface area contributed by atoms with E-state index in [1.807, 2.05) is 7.05 Å². The Bertz CT molecular complexity index is 358. The highest BCUT2D eigenvalue weighted by molar-refractivity contribution is 6.33. The van der Waals surface area contributed by atoms with Gasteiger partial charge < -0.3 is 20.3 Å². The van der Waals surface area contributed by atoms with Crippen molar-refractivity contribution in [3.05, 3.63) is 16.7 Å². The van der Waals surface area contributed by atoms with Gasteiger partial charge in [-0.3, -0.25) is 0 Å². The lowest BCUT2D eigenvalue weighted by Crippen LogP contribution is -2.11. The van der Waals surface area contributed by atoms with E-state index < -0.39 is 0 Å². The molecule has 0 aliphatic carbocycles. The van der Waals surface area contributed by atoms with Crippen molar-refractivity contribution in [2.45, 2.75) is 6.42 Å². The number of nitrogens with one attached hydrogen (secondary N) is 1. The van der Waals surface area contributed by atoms with E-state index in [4.69, 9.17) is 16.3 Å². The van der Waals surface area contributed by atoms with Crippen molar-refractivity contribution in [2.24, 2.45) is 0 Å². The molecule has 0 bridgehead atoms. The second-order valence-corrected chi connectivity index (χ2v) is 3.48. The zero-order valence-corrected chi connectivity index (χ0v) is 10.7. The number of aromatic hydroxyl groups is 2. The molecule has 6 heteroatoms. The molecule has 1 aromatic carbocycles. The Morgan fingerprint density at radius 1 is 1.44 bits per heavy atom. The average Bonchev–Trinajstić information content (AvgIpc) is 2.23. The molecule has 3 N–H and O–H groups in total. The predicted molar refractivity (Wildman–Crippen MR) is 66.2 cm³/mol. The van der Waals surface area contributed by atoms with E-state index in [1.54, 1.807) is 0 Å². The summed E-state index contributed by atoms with van der Waals surface area (Å²) in [5.41, 5.74) is 0.757. The quantitative estimate of drug-likeness (QED) is 0.730. The molecule has 0 saturated heterocycles. The molecular weight excluding hydrogens is 253 g/mol. The van der Waals surface area contributed by atoms with Crippen molar-refractivity contribution in [2.75, 3.05) is 20.7 Å². The van der Waals surface area contributed by atoms with Crippen LogP contribution < -0.4 is 10.1 Å². The van der Waals surface area contributed by atoms with Crippen molar-refractivity contribution in [1.82, 2.24) is 5.32 Å². The number of phenolic OH excluding ortho intramolecular Hbond substituents is 2. The Kier molecular flexibility index (Phi) is 6.33. The number of benzene rings is 1. The Hall–Kier alpha value is -0.840. The number of phenols is 2. The third kappa shape index (κ3) is 3.07. The normalized spacial score (nSPS) is 9.69. The van der Waals surface area contributed by atoms with Crippen LogP contribution in [0.4, 0.5) is 0 Å². The number of likely N-dealkylation sites (N-methyl/N-ethyl adjacent to an activating group) is 1. The van der Waals surface area contributed by atoms with Gasteiger partial charge in [0, 0.05) is 5.56 Å². The summed E-state index contributed by atoms with van der Waals surface area (Å²) in [6.07, 6.45) is 0.660. The van der Waals surface area contributed by atoms with E-state index in [9.17, 15) is 10.2 Å². The lowest BCUT2D eigenvalue weighted by atomic mass is 10.1. The molecule has 4 nitrogen and oxygen atoms in total. The summed E-state index contributed by atoms with van der Waals surface area (Å²) in [6, 6.07) is 1.46. The Labute approximate surface area is 106 Å². The van der Waals surface area contributed by atoms with E-state index >= 15 is 0 Å². The van der Waals surface area contributed by atoms with Gasteiger partial charge in [0.05, 0.1) is 7.11 Å². The van der Waals surface area contributed by atoms with Crippen LogP contribution in [0.1, 0.15) is 5.56 Å². The minimum atomic E-state index is -0.346.